The quantitative estimate of drug-likeness (QED) is 0.840. The van der Waals surface area contributed by atoms with Gasteiger partial charge < -0.3 is 14.9 Å². The van der Waals surface area contributed by atoms with Gasteiger partial charge in [0.05, 0.1) is 12.5 Å². The summed E-state index contributed by atoms with van der Waals surface area (Å²) in [4.78, 5) is 27.1. The summed E-state index contributed by atoms with van der Waals surface area (Å²) in [6.07, 6.45) is 1.07. The van der Waals surface area contributed by atoms with Crippen molar-refractivity contribution in [1.82, 2.24) is 9.80 Å². The molecular weight excluding hydrogens is 264 g/mol. The summed E-state index contributed by atoms with van der Waals surface area (Å²) in [5.74, 6) is 0.806. The predicted octanol–water partition coefficient (Wildman–Crippen LogP) is 1.73. The number of nitrogens with zero attached hydrogens (tertiary/aromatic N) is 2. The molecule has 0 aliphatic carbocycles. The minimum atomic E-state index is -0.827. The molecule has 0 aromatic heterocycles. The molecule has 2 rings (SSSR count). The van der Waals surface area contributed by atoms with Crippen LogP contribution in [-0.4, -0.2) is 64.1 Å². The van der Waals surface area contributed by atoms with E-state index in [-0.39, 0.29) is 23.9 Å². The van der Waals surface area contributed by atoms with Gasteiger partial charge in [-0.2, -0.15) is 11.8 Å². The zero-order chi connectivity index (χ0) is 14.0. The van der Waals surface area contributed by atoms with Crippen LogP contribution in [-0.2, 0) is 4.79 Å². The first-order chi connectivity index (χ1) is 8.89. The molecule has 0 aromatic carbocycles. The van der Waals surface area contributed by atoms with Gasteiger partial charge in [0.15, 0.2) is 0 Å². The summed E-state index contributed by atoms with van der Waals surface area (Å²) in [6.45, 7) is 6.56. The average Bonchev–Trinajstić information content (AvgIpc) is 2.69. The molecule has 1 atom stereocenters. The van der Waals surface area contributed by atoms with Gasteiger partial charge in [0, 0.05) is 31.1 Å². The van der Waals surface area contributed by atoms with E-state index >= 15 is 0 Å². The SMILES string of the molecule is CC1(C)CCN(C(=O)N2CCSCC2CC(=O)O)C1. The summed E-state index contributed by atoms with van der Waals surface area (Å²) in [7, 11) is 0. The van der Waals surface area contributed by atoms with Crippen molar-refractivity contribution in [2.75, 3.05) is 31.1 Å². The smallest absolute Gasteiger partial charge is 0.320 e. The minimum absolute atomic E-state index is 0.0251. The number of thioether (sulfide) groups is 1. The number of rotatable bonds is 2. The van der Waals surface area contributed by atoms with E-state index in [2.05, 4.69) is 13.8 Å². The van der Waals surface area contributed by atoms with Crippen LogP contribution in [0.15, 0.2) is 0 Å². The van der Waals surface area contributed by atoms with Crippen molar-refractivity contribution in [3.63, 3.8) is 0 Å². The van der Waals surface area contributed by atoms with Crippen LogP contribution in [0.5, 0.6) is 0 Å². The number of aliphatic carboxylic acids is 1. The molecule has 0 spiro atoms. The van der Waals surface area contributed by atoms with Crippen LogP contribution >= 0.6 is 11.8 Å². The van der Waals surface area contributed by atoms with Gasteiger partial charge in [-0.1, -0.05) is 13.8 Å². The van der Waals surface area contributed by atoms with Crippen molar-refractivity contribution in [3.8, 4) is 0 Å². The molecule has 2 heterocycles. The number of carbonyl (C=O) groups excluding carboxylic acids is 1. The van der Waals surface area contributed by atoms with Crippen LogP contribution in [0.2, 0.25) is 0 Å². The summed E-state index contributed by atoms with van der Waals surface area (Å²) in [5, 5.41) is 8.95. The Bertz CT molecular complexity index is 373. The lowest BCUT2D eigenvalue weighted by atomic mass is 9.93. The second-order valence-corrected chi connectivity index (χ2v) is 7.29. The lowest BCUT2D eigenvalue weighted by Gasteiger charge is -2.37. The van der Waals surface area contributed by atoms with Crippen molar-refractivity contribution in [1.29, 1.82) is 0 Å². The Morgan fingerprint density at radius 3 is 2.68 bits per heavy atom. The van der Waals surface area contributed by atoms with E-state index in [0.717, 1.165) is 31.0 Å². The highest BCUT2D eigenvalue weighted by atomic mass is 32.2. The third-order valence-corrected chi connectivity index (χ3v) is 4.92. The van der Waals surface area contributed by atoms with Gasteiger partial charge in [-0.15, -0.1) is 0 Å². The molecule has 2 fully saturated rings. The second-order valence-electron chi connectivity index (χ2n) is 6.14. The molecule has 108 valence electrons. The molecule has 2 amide bonds. The van der Waals surface area contributed by atoms with Crippen LogP contribution in [0.3, 0.4) is 0 Å². The molecule has 1 N–H and O–H groups in total. The fourth-order valence-electron chi connectivity index (χ4n) is 2.73. The molecule has 0 bridgehead atoms. The number of hydrogen-bond donors (Lipinski definition) is 1. The van der Waals surface area contributed by atoms with Gasteiger partial charge >= 0.3 is 12.0 Å². The van der Waals surface area contributed by atoms with E-state index in [1.807, 2.05) is 4.90 Å². The zero-order valence-electron chi connectivity index (χ0n) is 11.6. The summed E-state index contributed by atoms with van der Waals surface area (Å²) < 4.78 is 0. The third kappa shape index (κ3) is 3.55. The highest BCUT2D eigenvalue weighted by Crippen LogP contribution is 2.30. The molecule has 5 nitrogen and oxygen atoms in total. The van der Waals surface area contributed by atoms with E-state index in [9.17, 15) is 9.59 Å². The van der Waals surface area contributed by atoms with E-state index in [0.29, 0.717) is 6.54 Å². The second kappa shape index (κ2) is 5.61. The Hall–Kier alpha value is -0.910. The van der Waals surface area contributed by atoms with Crippen LogP contribution in [0, 0.1) is 5.41 Å². The highest BCUT2D eigenvalue weighted by Gasteiger charge is 2.37. The first-order valence-corrected chi connectivity index (χ1v) is 7.90. The molecule has 0 radical (unpaired) electrons. The van der Waals surface area contributed by atoms with Crippen LogP contribution in [0.4, 0.5) is 4.79 Å². The molecule has 1 unspecified atom stereocenters. The maximum atomic E-state index is 12.5. The average molecular weight is 286 g/mol. The normalized spacial score (nSPS) is 26.5. The lowest BCUT2D eigenvalue weighted by Crippen LogP contribution is -2.52. The Labute approximate surface area is 118 Å². The topological polar surface area (TPSA) is 60.9 Å². The summed E-state index contributed by atoms with van der Waals surface area (Å²) in [6, 6.07) is -0.135. The van der Waals surface area contributed by atoms with E-state index < -0.39 is 5.97 Å². The van der Waals surface area contributed by atoms with Crippen molar-refractivity contribution in [3.05, 3.63) is 0 Å². The first-order valence-electron chi connectivity index (χ1n) is 6.74. The standard InChI is InChI=1S/C13H22N2O3S/c1-13(2)3-4-14(9-13)12(18)15-5-6-19-8-10(15)7-11(16)17/h10H,3-9H2,1-2H3,(H,16,17). The fraction of sp³-hybridized carbons (Fsp3) is 0.846. The Balaban J connectivity index is 2.01. The van der Waals surface area contributed by atoms with Crippen molar-refractivity contribution >= 4 is 23.8 Å². The van der Waals surface area contributed by atoms with Crippen LogP contribution in [0.1, 0.15) is 26.7 Å². The van der Waals surface area contributed by atoms with Gasteiger partial charge in [0.1, 0.15) is 0 Å². The van der Waals surface area contributed by atoms with Gasteiger partial charge in [-0.25, -0.2) is 4.79 Å². The van der Waals surface area contributed by atoms with Gasteiger partial charge in [-0.3, -0.25) is 4.79 Å². The maximum absolute atomic E-state index is 12.5. The number of hydrogen-bond acceptors (Lipinski definition) is 3. The van der Waals surface area contributed by atoms with E-state index in [1.54, 1.807) is 16.7 Å². The molecule has 19 heavy (non-hydrogen) atoms. The highest BCUT2D eigenvalue weighted by molar-refractivity contribution is 7.99. The van der Waals surface area contributed by atoms with Crippen LogP contribution < -0.4 is 0 Å². The third-order valence-electron chi connectivity index (χ3n) is 3.83. The number of amides is 2. The van der Waals surface area contributed by atoms with E-state index in [4.69, 9.17) is 5.11 Å². The largest absolute Gasteiger partial charge is 0.481 e. The van der Waals surface area contributed by atoms with Crippen molar-refractivity contribution < 1.29 is 14.7 Å². The Morgan fingerprint density at radius 1 is 1.37 bits per heavy atom. The van der Waals surface area contributed by atoms with Gasteiger partial charge in [0.25, 0.3) is 0 Å². The van der Waals surface area contributed by atoms with Gasteiger partial charge in [-0.05, 0) is 11.8 Å². The Kier molecular flexibility index (Phi) is 4.28. The molecule has 0 aromatic rings. The van der Waals surface area contributed by atoms with Gasteiger partial charge in [0.2, 0.25) is 0 Å². The number of urea groups is 1. The molecule has 2 aliphatic heterocycles. The zero-order valence-corrected chi connectivity index (χ0v) is 12.4. The monoisotopic (exact) mass is 286 g/mol. The molecule has 2 saturated heterocycles. The van der Waals surface area contributed by atoms with Crippen LogP contribution in [0.25, 0.3) is 0 Å². The molecular formula is C13H22N2O3S. The number of carbonyl (C=O) groups is 2. The number of carboxylic acids is 1. The molecule has 6 heteroatoms. The first kappa shape index (κ1) is 14.5. The predicted molar refractivity (Wildman–Crippen MR) is 75.4 cm³/mol. The molecule has 2 aliphatic rings. The lowest BCUT2D eigenvalue weighted by molar-refractivity contribution is -0.138. The molecule has 0 saturated carbocycles. The fourth-order valence-corrected chi connectivity index (χ4v) is 3.80. The number of carboxylic acid groups (broad SMARTS) is 1. The van der Waals surface area contributed by atoms with Crippen molar-refractivity contribution in [2.45, 2.75) is 32.7 Å². The minimum Gasteiger partial charge on any atom is -0.481 e. The maximum Gasteiger partial charge on any atom is 0.320 e. The van der Waals surface area contributed by atoms with E-state index in [1.165, 1.54) is 0 Å². The Morgan fingerprint density at radius 2 is 2.11 bits per heavy atom. The summed E-state index contributed by atoms with van der Waals surface area (Å²) >= 11 is 1.73. The summed E-state index contributed by atoms with van der Waals surface area (Å²) in [5.41, 5.74) is 0.183. The van der Waals surface area contributed by atoms with Crippen molar-refractivity contribution in [2.24, 2.45) is 5.41 Å². The number of likely N-dealkylation sites (tertiary alicyclic amines) is 1.